The van der Waals surface area contributed by atoms with Crippen molar-refractivity contribution in [2.75, 3.05) is 46.1 Å². The van der Waals surface area contributed by atoms with Gasteiger partial charge in [0.05, 0.1) is 24.8 Å². The average Bonchev–Trinajstić information content (AvgIpc) is 2.51. The van der Waals surface area contributed by atoms with Gasteiger partial charge in [0.2, 0.25) is 5.88 Å². The third kappa shape index (κ3) is 10.1. The molecule has 0 aliphatic heterocycles. The summed E-state index contributed by atoms with van der Waals surface area (Å²) >= 11 is 16.8. The third-order valence-corrected chi connectivity index (χ3v) is 3.38. The number of rotatable bonds is 9. The van der Waals surface area contributed by atoms with Crippen molar-refractivity contribution >= 4 is 40.8 Å². The van der Waals surface area contributed by atoms with Crippen LogP contribution in [0, 0.1) is 0 Å². The Morgan fingerprint density at radius 2 is 1.54 bits per heavy atom. The van der Waals surface area contributed by atoms with Crippen molar-refractivity contribution in [3.05, 3.63) is 21.3 Å². The first-order valence-corrected chi connectivity index (χ1v) is 7.90. The van der Waals surface area contributed by atoms with Crippen molar-refractivity contribution in [1.29, 1.82) is 0 Å². The normalized spacial score (nSPS) is 10.3. The van der Waals surface area contributed by atoms with Gasteiger partial charge < -0.3 is 25.2 Å². The quantitative estimate of drug-likeness (QED) is 0.444. The number of carboxylic acid groups (broad SMARTS) is 1. The summed E-state index contributed by atoms with van der Waals surface area (Å²) in [6.07, 6.45) is 0. The smallest absolute Gasteiger partial charge is 0.341 e. The maximum atomic E-state index is 10.2. The number of carbonyl (C=O) groups is 1. The molecule has 138 valence electrons. The van der Waals surface area contributed by atoms with Crippen LogP contribution in [0.2, 0.25) is 15.2 Å². The Kier molecular flexibility index (Phi) is 12.9. The molecule has 1 aromatic heterocycles. The predicted molar refractivity (Wildman–Crippen MR) is 90.1 cm³/mol. The minimum Gasteiger partial charge on any atom is -0.479 e. The molecule has 0 amide bonds. The van der Waals surface area contributed by atoms with Crippen LogP contribution in [-0.2, 0) is 4.79 Å². The van der Waals surface area contributed by atoms with Gasteiger partial charge in [-0.25, -0.2) is 4.79 Å². The van der Waals surface area contributed by atoms with Crippen molar-refractivity contribution in [1.82, 2.24) is 9.88 Å². The molecule has 0 saturated carbocycles. The summed E-state index contributed by atoms with van der Waals surface area (Å²) in [6.45, 7) is 1.22. The van der Waals surface area contributed by atoms with E-state index < -0.39 is 12.6 Å². The van der Waals surface area contributed by atoms with E-state index in [9.17, 15) is 4.79 Å². The highest BCUT2D eigenvalue weighted by Gasteiger charge is 2.10. The summed E-state index contributed by atoms with van der Waals surface area (Å²) in [6, 6.07) is 1.33. The van der Waals surface area contributed by atoms with Gasteiger partial charge in [-0.05, 0) is 6.07 Å². The van der Waals surface area contributed by atoms with Gasteiger partial charge in [0.15, 0.2) is 11.8 Å². The summed E-state index contributed by atoms with van der Waals surface area (Å²) in [4.78, 5) is 15.6. The Hall–Kier alpha value is -0.870. The minimum atomic E-state index is -1.13. The molecule has 8 nitrogen and oxygen atoms in total. The summed E-state index contributed by atoms with van der Waals surface area (Å²) in [7, 11) is 0. The van der Waals surface area contributed by atoms with E-state index >= 15 is 0 Å². The van der Waals surface area contributed by atoms with E-state index in [4.69, 9.17) is 60.0 Å². The lowest BCUT2D eigenvalue weighted by Crippen LogP contribution is -2.32. The molecule has 0 spiro atoms. The van der Waals surface area contributed by atoms with Crippen LogP contribution in [0.4, 0.5) is 0 Å². The van der Waals surface area contributed by atoms with Gasteiger partial charge in [0, 0.05) is 19.6 Å². The predicted octanol–water partition coefficient (Wildman–Crippen LogP) is 0.770. The topological polar surface area (TPSA) is 123 Å². The number of ether oxygens (including phenoxy) is 1. The molecule has 0 saturated heterocycles. The molecule has 0 atom stereocenters. The molecule has 0 aromatic carbocycles. The SMILES string of the molecule is O=C(O)COc1nc(Cl)c(Cl)cc1Cl.OCCN(CCO)CCO. The molecular formula is C13H19Cl3N2O6. The zero-order valence-corrected chi connectivity index (χ0v) is 14.9. The van der Waals surface area contributed by atoms with Gasteiger partial charge in [0.25, 0.3) is 0 Å². The number of pyridine rings is 1. The molecule has 0 radical (unpaired) electrons. The maximum Gasteiger partial charge on any atom is 0.341 e. The number of aliphatic carboxylic acids is 1. The van der Waals surface area contributed by atoms with Crippen LogP contribution < -0.4 is 4.74 Å². The van der Waals surface area contributed by atoms with E-state index in [2.05, 4.69) is 4.98 Å². The van der Waals surface area contributed by atoms with Crippen molar-refractivity contribution < 1.29 is 30.0 Å². The maximum absolute atomic E-state index is 10.2. The molecule has 1 rings (SSSR count). The van der Waals surface area contributed by atoms with Crippen LogP contribution in [0.5, 0.6) is 5.88 Å². The monoisotopic (exact) mass is 404 g/mol. The number of nitrogens with zero attached hydrogens (tertiary/aromatic N) is 2. The number of hydrogen-bond acceptors (Lipinski definition) is 7. The van der Waals surface area contributed by atoms with Crippen LogP contribution in [0.3, 0.4) is 0 Å². The second-order valence-corrected chi connectivity index (χ2v) is 5.42. The lowest BCUT2D eigenvalue weighted by Gasteiger charge is -2.17. The number of carboxylic acids is 1. The molecule has 24 heavy (non-hydrogen) atoms. The Labute approximate surface area is 154 Å². The molecular weight excluding hydrogens is 387 g/mol. The van der Waals surface area contributed by atoms with E-state index in [0.29, 0.717) is 19.6 Å². The summed E-state index contributed by atoms with van der Waals surface area (Å²) in [5.41, 5.74) is 0. The van der Waals surface area contributed by atoms with E-state index in [-0.39, 0.29) is 40.9 Å². The van der Waals surface area contributed by atoms with E-state index in [1.165, 1.54) is 6.07 Å². The Bertz CT molecular complexity index is 493. The van der Waals surface area contributed by atoms with E-state index in [1.54, 1.807) is 4.90 Å². The Morgan fingerprint density at radius 1 is 1.04 bits per heavy atom. The van der Waals surface area contributed by atoms with Gasteiger partial charge in [-0.15, -0.1) is 0 Å². The molecule has 0 aliphatic carbocycles. The largest absolute Gasteiger partial charge is 0.479 e. The number of hydrogen-bond donors (Lipinski definition) is 4. The molecule has 1 heterocycles. The standard InChI is InChI=1S/C7H4Cl3NO3.C6H15NO3/c8-3-1-4(9)7(11-6(3)10)14-2-5(12)13;8-4-1-7(2-5-9)3-6-10/h1H,2H2,(H,12,13);8-10H,1-6H2. The zero-order valence-electron chi connectivity index (χ0n) is 12.7. The molecule has 1 aromatic rings. The van der Waals surface area contributed by atoms with E-state index in [0.717, 1.165) is 0 Å². The first-order valence-electron chi connectivity index (χ1n) is 6.76. The van der Waals surface area contributed by atoms with Crippen molar-refractivity contribution in [3.8, 4) is 5.88 Å². The molecule has 11 heteroatoms. The van der Waals surface area contributed by atoms with Gasteiger partial charge in [-0.3, -0.25) is 4.90 Å². The summed E-state index contributed by atoms with van der Waals surface area (Å²) < 4.78 is 4.75. The van der Waals surface area contributed by atoms with Crippen LogP contribution >= 0.6 is 34.8 Å². The summed E-state index contributed by atoms with van der Waals surface area (Å²) in [5.74, 6) is -1.18. The molecule has 0 aliphatic rings. The average molecular weight is 406 g/mol. The third-order valence-electron chi connectivity index (χ3n) is 2.44. The van der Waals surface area contributed by atoms with Crippen molar-refractivity contribution in [3.63, 3.8) is 0 Å². The highest BCUT2D eigenvalue weighted by molar-refractivity contribution is 6.42. The lowest BCUT2D eigenvalue weighted by atomic mass is 10.4. The lowest BCUT2D eigenvalue weighted by molar-refractivity contribution is -0.139. The van der Waals surface area contributed by atoms with Crippen LogP contribution in [0.1, 0.15) is 0 Å². The first-order chi connectivity index (χ1) is 11.3. The second-order valence-electron chi connectivity index (χ2n) is 4.24. The van der Waals surface area contributed by atoms with Crippen LogP contribution in [0.25, 0.3) is 0 Å². The van der Waals surface area contributed by atoms with Gasteiger partial charge in [0.1, 0.15) is 5.02 Å². The molecule has 0 bridgehead atoms. The summed E-state index contributed by atoms with van der Waals surface area (Å²) in [5, 5.41) is 34.1. The minimum absolute atomic E-state index is 0.0106. The highest BCUT2D eigenvalue weighted by Crippen LogP contribution is 2.30. The Balaban J connectivity index is 0.000000470. The number of aromatic nitrogens is 1. The van der Waals surface area contributed by atoms with Crippen LogP contribution in [0.15, 0.2) is 6.07 Å². The van der Waals surface area contributed by atoms with Crippen molar-refractivity contribution in [2.45, 2.75) is 0 Å². The number of halogens is 3. The fraction of sp³-hybridized carbons (Fsp3) is 0.538. The fourth-order valence-corrected chi connectivity index (χ4v) is 1.96. The van der Waals surface area contributed by atoms with Gasteiger partial charge in [-0.2, -0.15) is 4.98 Å². The fourth-order valence-electron chi connectivity index (χ4n) is 1.42. The first kappa shape index (κ1) is 23.1. The second kappa shape index (κ2) is 13.4. The highest BCUT2D eigenvalue weighted by atomic mass is 35.5. The van der Waals surface area contributed by atoms with Gasteiger partial charge >= 0.3 is 5.97 Å². The molecule has 4 N–H and O–H groups in total. The number of aliphatic hydroxyl groups is 3. The zero-order chi connectivity index (χ0) is 18.5. The van der Waals surface area contributed by atoms with Crippen molar-refractivity contribution in [2.24, 2.45) is 0 Å². The van der Waals surface area contributed by atoms with Crippen LogP contribution in [-0.4, -0.2) is 82.3 Å². The molecule has 0 unspecified atom stereocenters. The van der Waals surface area contributed by atoms with Gasteiger partial charge in [-0.1, -0.05) is 34.8 Å². The number of aliphatic hydroxyl groups excluding tert-OH is 3. The molecule has 0 fully saturated rings. The van der Waals surface area contributed by atoms with E-state index in [1.807, 2.05) is 0 Å². The Morgan fingerprint density at radius 3 is 1.96 bits per heavy atom.